The number of aryl methyl sites for hydroxylation is 2. The zero-order valence-corrected chi connectivity index (χ0v) is 18.4. The fraction of sp³-hybridized carbons (Fsp3) is 0.364. The summed E-state index contributed by atoms with van der Waals surface area (Å²) in [5.41, 5.74) is 0.855. The average Bonchev–Trinajstić information content (AvgIpc) is 2.80. The number of rotatable bonds is 6. The van der Waals surface area contributed by atoms with Crippen molar-refractivity contribution >= 4 is 17.5 Å². The predicted octanol–water partition coefficient (Wildman–Crippen LogP) is 2.33. The number of amides is 1. The molecule has 166 valence electrons. The van der Waals surface area contributed by atoms with Gasteiger partial charge in [0.15, 0.2) is 0 Å². The van der Waals surface area contributed by atoms with E-state index in [1.165, 1.54) is 6.20 Å². The highest BCUT2D eigenvalue weighted by atomic mass is 16.5. The second-order valence-corrected chi connectivity index (χ2v) is 7.54. The number of piperazine rings is 1. The van der Waals surface area contributed by atoms with Crippen LogP contribution in [0.1, 0.15) is 28.9 Å². The molecule has 0 atom stereocenters. The minimum Gasteiger partial charge on any atom is -0.404 e. The third-order valence-corrected chi connectivity index (χ3v) is 5.09. The molecule has 1 aromatic carbocycles. The molecule has 1 aliphatic rings. The Bertz CT molecular complexity index is 1080. The number of carbonyl (C=O) groups excluding carboxylic acids is 1. The van der Waals surface area contributed by atoms with Gasteiger partial charge in [0.2, 0.25) is 11.8 Å². The summed E-state index contributed by atoms with van der Waals surface area (Å²) < 4.78 is 5.93. The van der Waals surface area contributed by atoms with Gasteiger partial charge in [-0.25, -0.2) is 4.98 Å². The summed E-state index contributed by atoms with van der Waals surface area (Å²) in [7, 11) is 2.09. The number of anilines is 2. The van der Waals surface area contributed by atoms with E-state index in [1.54, 1.807) is 19.1 Å². The Hall–Kier alpha value is -3.66. The molecule has 0 saturated carbocycles. The molecule has 4 rings (SSSR count). The van der Waals surface area contributed by atoms with Crippen LogP contribution in [0, 0.1) is 6.92 Å². The summed E-state index contributed by atoms with van der Waals surface area (Å²) in [6, 6.07) is 9.27. The number of ether oxygens (including phenoxy) is 1. The van der Waals surface area contributed by atoms with E-state index in [0.29, 0.717) is 29.7 Å². The van der Waals surface area contributed by atoms with Crippen LogP contribution in [0.4, 0.5) is 11.6 Å². The fourth-order valence-electron chi connectivity index (χ4n) is 3.23. The van der Waals surface area contributed by atoms with E-state index < -0.39 is 0 Å². The number of likely N-dealkylation sites (N-methyl/N-ethyl adjacent to an activating group) is 1. The molecule has 2 aromatic heterocycles. The molecule has 1 fully saturated rings. The van der Waals surface area contributed by atoms with Gasteiger partial charge in [0.25, 0.3) is 5.91 Å². The van der Waals surface area contributed by atoms with Crippen molar-refractivity contribution in [2.24, 2.45) is 0 Å². The summed E-state index contributed by atoms with van der Waals surface area (Å²) in [4.78, 5) is 39.2. The average molecular weight is 435 g/mol. The smallest absolute Gasteiger partial charge is 0.328 e. The first-order chi connectivity index (χ1) is 15.5. The van der Waals surface area contributed by atoms with E-state index in [4.69, 9.17) is 4.74 Å². The Balaban J connectivity index is 1.61. The van der Waals surface area contributed by atoms with Gasteiger partial charge in [-0.15, -0.1) is 0 Å². The van der Waals surface area contributed by atoms with E-state index in [1.807, 2.05) is 25.1 Å². The van der Waals surface area contributed by atoms with Gasteiger partial charge in [-0.3, -0.25) is 4.79 Å². The van der Waals surface area contributed by atoms with Crippen molar-refractivity contribution in [1.29, 1.82) is 0 Å². The molecule has 1 saturated heterocycles. The Kier molecular flexibility index (Phi) is 6.50. The molecule has 1 aliphatic heterocycles. The lowest BCUT2D eigenvalue weighted by molar-refractivity contribution is 0.102. The zero-order valence-electron chi connectivity index (χ0n) is 18.4. The first kappa shape index (κ1) is 21.6. The molecule has 10 heteroatoms. The molecule has 1 N–H and O–H groups in total. The summed E-state index contributed by atoms with van der Waals surface area (Å²) in [6.07, 6.45) is 2.07. The third-order valence-electron chi connectivity index (χ3n) is 5.09. The van der Waals surface area contributed by atoms with Crippen LogP contribution in [0.25, 0.3) is 0 Å². The summed E-state index contributed by atoms with van der Waals surface area (Å²) >= 11 is 0. The largest absolute Gasteiger partial charge is 0.404 e. The van der Waals surface area contributed by atoms with E-state index in [2.05, 4.69) is 47.1 Å². The van der Waals surface area contributed by atoms with E-state index >= 15 is 0 Å². The van der Waals surface area contributed by atoms with Gasteiger partial charge in [0.05, 0.1) is 0 Å². The maximum Gasteiger partial charge on any atom is 0.328 e. The van der Waals surface area contributed by atoms with Gasteiger partial charge >= 0.3 is 6.01 Å². The van der Waals surface area contributed by atoms with Gasteiger partial charge in [0, 0.05) is 44.5 Å². The Morgan fingerprint density at radius 1 is 1.06 bits per heavy atom. The molecule has 0 bridgehead atoms. The Morgan fingerprint density at radius 3 is 2.53 bits per heavy atom. The van der Waals surface area contributed by atoms with Gasteiger partial charge in [-0.1, -0.05) is 25.1 Å². The highest BCUT2D eigenvalue weighted by Crippen LogP contribution is 2.23. The third kappa shape index (κ3) is 5.14. The number of para-hydroxylation sites is 1. The second-order valence-electron chi connectivity index (χ2n) is 7.54. The molecule has 32 heavy (non-hydrogen) atoms. The van der Waals surface area contributed by atoms with Crippen molar-refractivity contribution in [2.45, 2.75) is 20.3 Å². The minimum absolute atomic E-state index is 0.100. The summed E-state index contributed by atoms with van der Waals surface area (Å²) in [5, 5.41) is 2.83. The molecule has 0 spiro atoms. The van der Waals surface area contributed by atoms with Gasteiger partial charge < -0.3 is 19.9 Å². The number of benzene rings is 1. The number of hydrogen-bond acceptors (Lipinski definition) is 9. The first-order valence-corrected chi connectivity index (χ1v) is 10.6. The normalized spacial score (nSPS) is 14.3. The van der Waals surface area contributed by atoms with Gasteiger partial charge in [0.1, 0.15) is 17.2 Å². The molecule has 0 radical (unpaired) electrons. The first-order valence-electron chi connectivity index (χ1n) is 10.6. The standard InChI is InChI=1S/C22H26N8O2/c1-4-18-26-21(30-12-10-29(3)11-13-30)28-22(27-18)32-20-17(14-23-15(2)24-20)19(31)25-16-8-6-5-7-9-16/h5-9,14H,4,10-13H2,1-3H3,(H,25,31). The molecule has 3 aromatic rings. The maximum absolute atomic E-state index is 12.9. The lowest BCUT2D eigenvalue weighted by Crippen LogP contribution is -2.45. The molecule has 3 heterocycles. The summed E-state index contributed by atoms with van der Waals surface area (Å²) in [5.74, 6) is 1.38. The molecular formula is C22H26N8O2. The summed E-state index contributed by atoms with van der Waals surface area (Å²) in [6.45, 7) is 7.20. The van der Waals surface area contributed by atoms with Crippen LogP contribution in [0.2, 0.25) is 0 Å². The lowest BCUT2D eigenvalue weighted by atomic mass is 10.2. The lowest BCUT2D eigenvalue weighted by Gasteiger charge is -2.32. The second kappa shape index (κ2) is 9.65. The Labute approximate surface area is 186 Å². The number of nitrogens with zero attached hydrogens (tertiary/aromatic N) is 7. The predicted molar refractivity (Wildman–Crippen MR) is 120 cm³/mol. The maximum atomic E-state index is 12.9. The highest BCUT2D eigenvalue weighted by Gasteiger charge is 2.21. The number of aromatic nitrogens is 5. The van der Waals surface area contributed by atoms with Gasteiger partial charge in [-0.2, -0.15) is 19.9 Å². The molecule has 10 nitrogen and oxygen atoms in total. The van der Waals surface area contributed by atoms with Crippen molar-refractivity contribution in [3.05, 3.63) is 53.7 Å². The van der Waals surface area contributed by atoms with Crippen LogP contribution in [0.15, 0.2) is 36.5 Å². The number of carbonyl (C=O) groups is 1. The SMILES string of the molecule is CCc1nc(Oc2nc(C)ncc2C(=O)Nc2ccccc2)nc(N2CCN(C)CC2)n1. The van der Waals surface area contributed by atoms with Crippen LogP contribution in [0.3, 0.4) is 0 Å². The van der Waals surface area contributed by atoms with Crippen molar-refractivity contribution in [2.75, 3.05) is 43.4 Å². The van der Waals surface area contributed by atoms with E-state index in [9.17, 15) is 4.79 Å². The number of nitrogens with one attached hydrogen (secondary N) is 1. The quantitative estimate of drug-likeness (QED) is 0.625. The van der Waals surface area contributed by atoms with Crippen molar-refractivity contribution in [1.82, 2.24) is 29.8 Å². The van der Waals surface area contributed by atoms with Crippen LogP contribution in [-0.2, 0) is 6.42 Å². The number of hydrogen-bond donors (Lipinski definition) is 1. The Morgan fingerprint density at radius 2 is 1.81 bits per heavy atom. The monoisotopic (exact) mass is 434 g/mol. The molecular weight excluding hydrogens is 408 g/mol. The van der Waals surface area contributed by atoms with Crippen LogP contribution >= 0.6 is 0 Å². The van der Waals surface area contributed by atoms with E-state index in [0.717, 1.165) is 26.2 Å². The van der Waals surface area contributed by atoms with Crippen molar-refractivity contribution in [3.8, 4) is 11.9 Å². The zero-order chi connectivity index (χ0) is 22.5. The van der Waals surface area contributed by atoms with Crippen LogP contribution in [0.5, 0.6) is 11.9 Å². The van der Waals surface area contributed by atoms with E-state index in [-0.39, 0.29) is 23.4 Å². The van der Waals surface area contributed by atoms with Crippen LogP contribution < -0.4 is 15.0 Å². The molecule has 0 aliphatic carbocycles. The van der Waals surface area contributed by atoms with Gasteiger partial charge in [-0.05, 0) is 26.1 Å². The topological polar surface area (TPSA) is 109 Å². The molecule has 0 unspecified atom stereocenters. The fourth-order valence-corrected chi connectivity index (χ4v) is 3.23. The van der Waals surface area contributed by atoms with Crippen molar-refractivity contribution < 1.29 is 9.53 Å². The highest BCUT2D eigenvalue weighted by molar-refractivity contribution is 6.05. The minimum atomic E-state index is -0.379. The molecule has 1 amide bonds. The van der Waals surface area contributed by atoms with Crippen molar-refractivity contribution in [3.63, 3.8) is 0 Å². The van der Waals surface area contributed by atoms with Crippen LogP contribution in [-0.4, -0.2) is 69.0 Å².